The molecule has 21 heavy (non-hydrogen) atoms. The van der Waals surface area contributed by atoms with Gasteiger partial charge in [-0.15, -0.1) is 12.4 Å². The molecule has 1 aliphatic rings. The number of nitrogens with two attached hydrogens (primary N) is 1. The second-order valence-electron chi connectivity index (χ2n) is 4.71. The lowest BCUT2D eigenvalue weighted by Gasteiger charge is -2.22. The summed E-state index contributed by atoms with van der Waals surface area (Å²) in [5, 5.41) is 0. The van der Waals surface area contributed by atoms with Gasteiger partial charge in [0.25, 0.3) is 5.91 Å². The lowest BCUT2D eigenvalue weighted by Crippen LogP contribution is -2.40. The minimum atomic E-state index is -0.517. The van der Waals surface area contributed by atoms with Crippen LogP contribution in [-0.2, 0) is 4.79 Å². The molecule has 116 valence electrons. The van der Waals surface area contributed by atoms with E-state index in [9.17, 15) is 14.0 Å². The third kappa shape index (κ3) is 4.15. The molecule has 2 N–H and O–H groups in total. The standard InChI is InChI=1S/C14H18FN3O2.ClH/c15-12-5-2-1-4-11(12)14(20)18-7-3-6-17(8-9-18)13(19)10-16;/h1-2,4-5H,3,6-10,16H2;1H. The van der Waals surface area contributed by atoms with Crippen LogP contribution in [0.2, 0.25) is 0 Å². The Bertz CT molecular complexity index is 513. The van der Waals surface area contributed by atoms with Crippen molar-refractivity contribution in [2.45, 2.75) is 6.42 Å². The van der Waals surface area contributed by atoms with Crippen LogP contribution in [0.4, 0.5) is 4.39 Å². The van der Waals surface area contributed by atoms with Gasteiger partial charge in [0.15, 0.2) is 0 Å². The van der Waals surface area contributed by atoms with Crippen molar-refractivity contribution >= 4 is 24.2 Å². The number of hydrogen-bond donors (Lipinski definition) is 1. The Morgan fingerprint density at radius 3 is 2.38 bits per heavy atom. The Labute approximate surface area is 129 Å². The molecule has 1 heterocycles. The highest BCUT2D eigenvalue weighted by Gasteiger charge is 2.23. The Morgan fingerprint density at radius 2 is 1.71 bits per heavy atom. The highest BCUT2D eigenvalue weighted by atomic mass is 35.5. The summed E-state index contributed by atoms with van der Waals surface area (Å²) in [5.41, 5.74) is 5.41. The zero-order valence-corrected chi connectivity index (χ0v) is 12.4. The van der Waals surface area contributed by atoms with Gasteiger partial charge in [-0.3, -0.25) is 9.59 Å². The maximum atomic E-state index is 13.6. The number of carbonyl (C=O) groups is 2. The second kappa shape index (κ2) is 7.95. The molecular formula is C14H19ClFN3O2. The average Bonchev–Trinajstić information content (AvgIpc) is 2.72. The summed E-state index contributed by atoms with van der Waals surface area (Å²) in [6.45, 7) is 1.91. The molecule has 1 fully saturated rings. The number of benzene rings is 1. The molecule has 1 aromatic rings. The van der Waals surface area contributed by atoms with Crippen molar-refractivity contribution in [1.29, 1.82) is 0 Å². The normalized spacial score (nSPS) is 15.1. The fourth-order valence-corrected chi connectivity index (χ4v) is 2.30. The van der Waals surface area contributed by atoms with Crippen LogP contribution in [-0.4, -0.2) is 54.3 Å². The van der Waals surface area contributed by atoms with E-state index in [1.165, 1.54) is 12.1 Å². The smallest absolute Gasteiger partial charge is 0.256 e. The zero-order chi connectivity index (χ0) is 14.5. The van der Waals surface area contributed by atoms with Crippen LogP contribution in [0.25, 0.3) is 0 Å². The quantitative estimate of drug-likeness (QED) is 0.881. The number of amides is 2. The van der Waals surface area contributed by atoms with Crippen molar-refractivity contribution in [2.24, 2.45) is 5.73 Å². The first-order valence-corrected chi connectivity index (χ1v) is 6.65. The summed E-state index contributed by atoms with van der Waals surface area (Å²) < 4.78 is 13.6. The lowest BCUT2D eigenvalue weighted by molar-refractivity contribution is -0.129. The topological polar surface area (TPSA) is 66.6 Å². The molecule has 0 bridgehead atoms. The molecule has 0 aromatic heterocycles. The Hall–Kier alpha value is -1.66. The van der Waals surface area contributed by atoms with Gasteiger partial charge in [-0.1, -0.05) is 12.1 Å². The molecule has 0 saturated carbocycles. The number of rotatable bonds is 2. The number of nitrogens with zero attached hydrogens (tertiary/aromatic N) is 2. The van der Waals surface area contributed by atoms with Gasteiger partial charge in [-0.05, 0) is 18.6 Å². The van der Waals surface area contributed by atoms with Crippen LogP contribution >= 0.6 is 12.4 Å². The van der Waals surface area contributed by atoms with Gasteiger partial charge in [0.05, 0.1) is 12.1 Å². The van der Waals surface area contributed by atoms with E-state index in [0.717, 1.165) is 0 Å². The van der Waals surface area contributed by atoms with Crippen molar-refractivity contribution in [3.05, 3.63) is 35.6 Å². The van der Waals surface area contributed by atoms with Gasteiger partial charge >= 0.3 is 0 Å². The Balaban J connectivity index is 0.00000220. The van der Waals surface area contributed by atoms with Crippen LogP contribution in [0, 0.1) is 5.82 Å². The summed E-state index contributed by atoms with van der Waals surface area (Å²) in [6.07, 6.45) is 0.673. The molecule has 5 nitrogen and oxygen atoms in total. The highest BCUT2D eigenvalue weighted by Crippen LogP contribution is 2.12. The van der Waals surface area contributed by atoms with Gasteiger partial charge in [-0.25, -0.2) is 4.39 Å². The molecule has 0 radical (unpaired) electrons. The molecule has 1 aromatic carbocycles. The van der Waals surface area contributed by atoms with Crippen molar-refractivity contribution < 1.29 is 14.0 Å². The zero-order valence-electron chi connectivity index (χ0n) is 11.6. The van der Waals surface area contributed by atoms with Gasteiger partial charge in [0.1, 0.15) is 5.82 Å². The molecule has 7 heteroatoms. The van der Waals surface area contributed by atoms with Crippen LogP contribution in [0.5, 0.6) is 0 Å². The molecule has 0 atom stereocenters. The molecule has 1 aliphatic heterocycles. The van der Waals surface area contributed by atoms with Gasteiger partial charge in [-0.2, -0.15) is 0 Å². The second-order valence-corrected chi connectivity index (χ2v) is 4.71. The molecule has 1 saturated heterocycles. The lowest BCUT2D eigenvalue weighted by atomic mass is 10.2. The summed E-state index contributed by atoms with van der Waals surface area (Å²) in [7, 11) is 0. The molecule has 2 amide bonds. The summed E-state index contributed by atoms with van der Waals surface area (Å²) in [4.78, 5) is 27.1. The fraction of sp³-hybridized carbons (Fsp3) is 0.429. The van der Waals surface area contributed by atoms with Crippen LogP contribution in [0.3, 0.4) is 0 Å². The van der Waals surface area contributed by atoms with Crippen molar-refractivity contribution in [3.63, 3.8) is 0 Å². The van der Waals surface area contributed by atoms with E-state index in [2.05, 4.69) is 0 Å². The van der Waals surface area contributed by atoms with E-state index >= 15 is 0 Å². The largest absolute Gasteiger partial charge is 0.340 e. The van der Waals surface area contributed by atoms with E-state index in [1.807, 2.05) is 0 Å². The van der Waals surface area contributed by atoms with Crippen LogP contribution in [0.1, 0.15) is 16.8 Å². The molecular weight excluding hydrogens is 297 g/mol. The molecule has 0 unspecified atom stereocenters. The van der Waals surface area contributed by atoms with E-state index in [1.54, 1.807) is 21.9 Å². The van der Waals surface area contributed by atoms with Crippen molar-refractivity contribution in [1.82, 2.24) is 9.80 Å². The van der Waals surface area contributed by atoms with Gasteiger partial charge < -0.3 is 15.5 Å². The van der Waals surface area contributed by atoms with E-state index in [0.29, 0.717) is 32.6 Å². The number of halogens is 2. The van der Waals surface area contributed by atoms with Crippen LogP contribution in [0.15, 0.2) is 24.3 Å². The average molecular weight is 316 g/mol. The first-order valence-electron chi connectivity index (χ1n) is 6.65. The van der Waals surface area contributed by atoms with Crippen molar-refractivity contribution in [3.8, 4) is 0 Å². The highest BCUT2D eigenvalue weighted by molar-refractivity contribution is 5.94. The van der Waals surface area contributed by atoms with Gasteiger partial charge in [0.2, 0.25) is 5.91 Å². The molecule has 0 spiro atoms. The number of hydrogen-bond acceptors (Lipinski definition) is 3. The summed E-state index contributed by atoms with van der Waals surface area (Å²) in [6, 6.07) is 5.94. The van der Waals surface area contributed by atoms with Gasteiger partial charge in [0, 0.05) is 26.2 Å². The Kier molecular flexibility index (Phi) is 6.58. The monoisotopic (exact) mass is 315 g/mol. The predicted molar refractivity (Wildman–Crippen MR) is 79.8 cm³/mol. The minimum absolute atomic E-state index is 0. The maximum Gasteiger partial charge on any atom is 0.256 e. The third-order valence-corrected chi connectivity index (χ3v) is 3.41. The first kappa shape index (κ1) is 17.4. The third-order valence-electron chi connectivity index (χ3n) is 3.41. The maximum absolute atomic E-state index is 13.6. The Morgan fingerprint density at radius 1 is 1.10 bits per heavy atom. The summed E-state index contributed by atoms with van der Waals surface area (Å²) >= 11 is 0. The fourth-order valence-electron chi connectivity index (χ4n) is 2.30. The molecule has 2 rings (SSSR count). The predicted octanol–water partition coefficient (Wildman–Crippen LogP) is 0.881. The molecule has 0 aliphatic carbocycles. The van der Waals surface area contributed by atoms with E-state index in [4.69, 9.17) is 5.73 Å². The number of carbonyl (C=O) groups excluding carboxylic acids is 2. The van der Waals surface area contributed by atoms with Crippen LogP contribution < -0.4 is 5.73 Å². The van der Waals surface area contributed by atoms with Crippen molar-refractivity contribution in [2.75, 3.05) is 32.7 Å². The first-order chi connectivity index (χ1) is 9.63. The SMILES string of the molecule is Cl.NCC(=O)N1CCCN(C(=O)c2ccccc2F)CC1. The van der Waals surface area contributed by atoms with E-state index < -0.39 is 5.82 Å². The minimum Gasteiger partial charge on any atom is -0.340 e. The summed E-state index contributed by atoms with van der Waals surface area (Å²) in [5.74, 6) is -0.966. The van der Waals surface area contributed by atoms with E-state index in [-0.39, 0.29) is 36.3 Å².